The lowest BCUT2D eigenvalue weighted by Gasteiger charge is -2.43. The van der Waals surface area contributed by atoms with Gasteiger partial charge in [-0.15, -0.1) is 11.8 Å². The maximum absolute atomic E-state index is 13.2. The molecule has 1 atom stereocenters. The van der Waals surface area contributed by atoms with Crippen molar-refractivity contribution in [2.45, 2.75) is 37.3 Å². The van der Waals surface area contributed by atoms with Crippen LogP contribution in [0.2, 0.25) is 5.02 Å². The van der Waals surface area contributed by atoms with E-state index in [9.17, 15) is 9.59 Å². The first kappa shape index (κ1) is 18.8. The van der Waals surface area contributed by atoms with E-state index in [0.29, 0.717) is 16.5 Å². The summed E-state index contributed by atoms with van der Waals surface area (Å²) in [4.78, 5) is 27.3. The number of para-hydroxylation sites is 2. The van der Waals surface area contributed by atoms with E-state index in [1.165, 1.54) is 0 Å². The van der Waals surface area contributed by atoms with Gasteiger partial charge in [0.05, 0.1) is 16.6 Å². The molecule has 1 unspecified atom stereocenters. The smallest absolute Gasteiger partial charge is 0.250 e. The molecule has 2 amide bonds. The van der Waals surface area contributed by atoms with Crippen molar-refractivity contribution in [1.29, 1.82) is 0 Å². The van der Waals surface area contributed by atoms with Gasteiger partial charge in [-0.05, 0) is 50.6 Å². The van der Waals surface area contributed by atoms with Crippen LogP contribution in [-0.4, -0.2) is 22.6 Å². The number of rotatable bonds is 4. The monoisotopic (exact) mass is 388 g/mol. The van der Waals surface area contributed by atoms with Gasteiger partial charge >= 0.3 is 0 Å². The highest BCUT2D eigenvalue weighted by atomic mass is 35.5. The number of carbonyl (C=O) groups excluding carboxylic acids is 2. The second kappa shape index (κ2) is 7.33. The van der Waals surface area contributed by atoms with Gasteiger partial charge in [-0.1, -0.05) is 35.9 Å². The van der Waals surface area contributed by atoms with E-state index in [1.54, 1.807) is 30.5 Å². The summed E-state index contributed by atoms with van der Waals surface area (Å²) in [5.41, 5.74) is 1.57. The number of hydrogen-bond acceptors (Lipinski definition) is 3. The fourth-order valence-corrected chi connectivity index (χ4v) is 3.91. The third-order valence-corrected chi connectivity index (χ3v) is 5.94. The van der Waals surface area contributed by atoms with E-state index in [2.05, 4.69) is 5.32 Å². The van der Waals surface area contributed by atoms with E-state index in [4.69, 9.17) is 11.6 Å². The van der Waals surface area contributed by atoms with Crippen LogP contribution in [0.25, 0.3) is 0 Å². The van der Waals surface area contributed by atoms with E-state index < -0.39 is 5.54 Å². The molecule has 0 radical (unpaired) electrons. The molecule has 2 aromatic rings. The van der Waals surface area contributed by atoms with Crippen molar-refractivity contribution in [3.8, 4) is 0 Å². The highest BCUT2D eigenvalue weighted by molar-refractivity contribution is 7.99. The van der Waals surface area contributed by atoms with Crippen LogP contribution in [0.4, 0.5) is 11.4 Å². The Labute approximate surface area is 162 Å². The number of fused-ring (bicyclic) bond motifs is 1. The van der Waals surface area contributed by atoms with Gasteiger partial charge in [0.2, 0.25) is 11.8 Å². The molecule has 3 rings (SSSR count). The Balaban J connectivity index is 1.80. The molecule has 1 aliphatic heterocycles. The van der Waals surface area contributed by atoms with E-state index >= 15 is 0 Å². The molecule has 0 bridgehead atoms. The fourth-order valence-electron chi connectivity index (χ4n) is 2.90. The van der Waals surface area contributed by atoms with Gasteiger partial charge in [0.1, 0.15) is 5.54 Å². The van der Waals surface area contributed by atoms with Crippen molar-refractivity contribution >= 4 is 46.6 Å². The normalized spacial score (nSPS) is 16.6. The highest BCUT2D eigenvalue weighted by Crippen LogP contribution is 2.38. The number of thioether (sulfide) groups is 1. The van der Waals surface area contributed by atoms with Gasteiger partial charge in [0.25, 0.3) is 0 Å². The summed E-state index contributed by atoms with van der Waals surface area (Å²) < 4.78 is 0. The van der Waals surface area contributed by atoms with Crippen molar-refractivity contribution in [1.82, 2.24) is 0 Å². The number of halogens is 1. The zero-order valence-corrected chi connectivity index (χ0v) is 16.5. The second-order valence-corrected chi connectivity index (χ2v) is 8.55. The zero-order valence-electron chi connectivity index (χ0n) is 15.0. The van der Waals surface area contributed by atoms with Crippen LogP contribution in [0.15, 0.2) is 48.5 Å². The Morgan fingerprint density at radius 1 is 1.19 bits per heavy atom. The van der Waals surface area contributed by atoms with Crippen LogP contribution >= 0.6 is 23.4 Å². The first-order chi connectivity index (χ1) is 12.3. The maximum atomic E-state index is 13.2. The molecule has 0 fully saturated rings. The lowest BCUT2D eigenvalue weighted by molar-refractivity contribution is -0.126. The number of anilines is 2. The number of carbonyl (C=O) groups is 2. The zero-order chi connectivity index (χ0) is 18.9. The molecule has 0 aromatic heterocycles. The molecular weight excluding hydrogens is 368 g/mol. The third kappa shape index (κ3) is 3.60. The summed E-state index contributed by atoms with van der Waals surface area (Å²) in [5.74, 6) is 0.447. The van der Waals surface area contributed by atoms with Crippen molar-refractivity contribution in [2.24, 2.45) is 0 Å². The summed E-state index contributed by atoms with van der Waals surface area (Å²) in [6.45, 7) is 5.42. The Hall–Kier alpha value is -1.98. The molecule has 6 heteroatoms. The summed E-state index contributed by atoms with van der Waals surface area (Å²) >= 11 is 7.46. The molecule has 0 saturated carbocycles. The van der Waals surface area contributed by atoms with Crippen molar-refractivity contribution in [3.05, 3.63) is 59.1 Å². The molecule has 0 saturated heterocycles. The summed E-state index contributed by atoms with van der Waals surface area (Å²) in [5, 5.41) is 3.29. The summed E-state index contributed by atoms with van der Waals surface area (Å²) in [6.07, 6.45) is 0. The van der Waals surface area contributed by atoms with Crippen molar-refractivity contribution < 1.29 is 9.59 Å². The molecule has 1 N–H and O–H groups in total. The van der Waals surface area contributed by atoms with Crippen LogP contribution in [0.1, 0.15) is 26.3 Å². The minimum atomic E-state index is -0.944. The number of nitrogens with zero attached hydrogens (tertiary/aromatic N) is 1. The number of hydrogen-bond donors (Lipinski definition) is 1. The Morgan fingerprint density at radius 3 is 2.54 bits per heavy atom. The Morgan fingerprint density at radius 2 is 1.85 bits per heavy atom. The van der Waals surface area contributed by atoms with Crippen molar-refractivity contribution in [3.63, 3.8) is 0 Å². The van der Waals surface area contributed by atoms with Crippen LogP contribution in [-0.2, 0) is 15.3 Å². The van der Waals surface area contributed by atoms with Crippen LogP contribution in [0.5, 0.6) is 0 Å². The first-order valence-corrected chi connectivity index (χ1v) is 9.84. The predicted octanol–water partition coefficient (Wildman–Crippen LogP) is 4.73. The first-order valence-electron chi connectivity index (χ1n) is 8.41. The predicted molar refractivity (Wildman–Crippen MR) is 109 cm³/mol. The van der Waals surface area contributed by atoms with Crippen LogP contribution < -0.4 is 10.2 Å². The van der Waals surface area contributed by atoms with Gasteiger partial charge in [0, 0.05) is 10.8 Å². The van der Waals surface area contributed by atoms with Gasteiger partial charge in [-0.2, -0.15) is 0 Å². The molecule has 2 aromatic carbocycles. The van der Waals surface area contributed by atoms with E-state index in [1.807, 2.05) is 55.5 Å². The van der Waals surface area contributed by atoms with E-state index in [-0.39, 0.29) is 17.1 Å². The lowest BCUT2D eigenvalue weighted by Crippen LogP contribution is -2.60. The molecule has 1 heterocycles. The average molecular weight is 389 g/mol. The fraction of sp³-hybridized carbons (Fsp3) is 0.300. The summed E-state index contributed by atoms with van der Waals surface area (Å²) in [7, 11) is 0. The summed E-state index contributed by atoms with van der Waals surface area (Å²) in [6, 6.07) is 15.0. The molecular formula is C20H21ClN2O2S. The highest BCUT2D eigenvalue weighted by Gasteiger charge is 2.44. The van der Waals surface area contributed by atoms with Gasteiger partial charge in [0.15, 0.2) is 0 Å². The largest absolute Gasteiger partial charge is 0.322 e. The quantitative estimate of drug-likeness (QED) is 0.823. The van der Waals surface area contributed by atoms with Crippen LogP contribution in [0, 0.1) is 0 Å². The molecule has 136 valence electrons. The van der Waals surface area contributed by atoms with Gasteiger partial charge in [-0.3, -0.25) is 14.5 Å². The molecule has 4 nitrogen and oxygen atoms in total. The Bertz CT molecular complexity index is 836. The van der Waals surface area contributed by atoms with Gasteiger partial charge < -0.3 is 5.32 Å². The van der Waals surface area contributed by atoms with E-state index in [0.717, 1.165) is 11.3 Å². The maximum Gasteiger partial charge on any atom is 0.250 e. The topological polar surface area (TPSA) is 49.4 Å². The van der Waals surface area contributed by atoms with Gasteiger partial charge in [-0.25, -0.2) is 0 Å². The number of amides is 2. The molecule has 26 heavy (non-hydrogen) atoms. The molecule has 1 aliphatic rings. The molecule has 0 aliphatic carbocycles. The standard InChI is InChI=1S/C20H21ClN2O2S/c1-13(26-12-14-8-10-15(21)11-9-14)18(24)23-17-7-5-4-6-16(17)22-19(25)20(23,2)3/h4-11,13H,12H2,1-3H3,(H,22,25). The van der Waals surface area contributed by atoms with Crippen LogP contribution in [0.3, 0.4) is 0 Å². The SMILES string of the molecule is CC(SCc1ccc(Cl)cc1)C(=O)N1c2ccccc2NC(=O)C1(C)C. The second-order valence-electron chi connectivity index (χ2n) is 6.78. The average Bonchev–Trinajstić information content (AvgIpc) is 2.61. The number of nitrogens with one attached hydrogen (secondary N) is 1. The molecule has 0 spiro atoms. The Kier molecular flexibility index (Phi) is 5.30. The minimum Gasteiger partial charge on any atom is -0.322 e. The number of benzene rings is 2. The minimum absolute atomic E-state index is 0.0729. The third-order valence-electron chi connectivity index (χ3n) is 4.49. The lowest BCUT2D eigenvalue weighted by atomic mass is 9.96. The van der Waals surface area contributed by atoms with Crippen molar-refractivity contribution in [2.75, 3.05) is 10.2 Å².